The van der Waals surface area contributed by atoms with E-state index in [-0.39, 0.29) is 0 Å². The molecule has 4 heteroatoms. The predicted octanol–water partition coefficient (Wildman–Crippen LogP) is 1.45. The lowest BCUT2D eigenvalue weighted by molar-refractivity contribution is 0.705. The van der Waals surface area contributed by atoms with Gasteiger partial charge in [0.25, 0.3) is 0 Å². The van der Waals surface area contributed by atoms with Crippen molar-refractivity contribution in [3.63, 3.8) is 0 Å². The van der Waals surface area contributed by atoms with Crippen LogP contribution in [0.4, 0.5) is 0 Å². The zero-order chi connectivity index (χ0) is 8.72. The van der Waals surface area contributed by atoms with Crippen molar-refractivity contribution in [3.05, 3.63) is 34.9 Å². The van der Waals surface area contributed by atoms with E-state index in [0.717, 1.165) is 17.0 Å². The molecule has 0 saturated carbocycles. The Hall–Kier alpha value is -1.03. The largest absolute Gasteiger partial charge is 0.397 e. The van der Waals surface area contributed by atoms with Gasteiger partial charge in [-0.2, -0.15) is 0 Å². The average Bonchev–Trinajstić information content (AvgIpc) is 2.48. The molecule has 0 saturated heterocycles. The third-order valence-electron chi connectivity index (χ3n) is 2.00. The monoisotopic (exact) mass is 181 g/mol. The second kappa shape index (κ2) is 2.48. The van der Waals surface area contributed by atoms with Gasteiger partial charge in [-0.15, -0.1) is 0 Å². The maximum Gasteiger partial charge on any atom is 0.0935 e. The zero-order valence-electron chi connectivity index (χ0n) is 7.09. The van der Waals surface area contributed by atoms with Crippen LogP contribution in [0, 0.1) is 0 Å². The molecule has 0 unspecified atom stereocenters. The highest BCUT2D eigenvalue weighted by atomic mass is 32.2. The molecule has 0 radical (unpaired) electrons. The van der Waals surface area contributed by atoms with Crippen molar-refractivity contribution >= 4 is 12.1 Å². The third-order valence-corrected chi connectivity index (χ3v) is 2.90. The predicted molar refractivity (Wildman–Crippen MR) is 51.3 cm³/mol. The van der Waals surface area contributed by atoms with Crippen LogP contribution >= 0.6 is 12.1 Å². The summed E-state index contributed by atoms with van der Waals surface area (Å²) in [5.74, 6) is 0. The average molecular weight is 181 g/mol. The summed E-state index contributed by atoms with van der Waals surface area (Å²) in [6, 6.07) is 0. The lowest BCUT2D eigenvalue weighted by Crippen LogP contribution is -2.20. The molecule has 3 N–H and O–H groups in total. The number of nitrogens with two attached hydrogens (primary N) is 1. The Balaban J connectivity index is 2.49. The number of rotatable bonds is 0. The Morgan fingerprint density at radius 3 is 3.00 bits per heavy atom. The summed E-state index contributed by atoms with van der Waals surface area (Å²) < 4.78 is 5.16. The summed E-state index contributed by atoms with van der Waals surface area (Å²) in [5, 5.41) is 0. The van der Waals surface area contributed by atoms with E-state index in [9.17, 15) is 0 Å². The minimum absolute atomic E-state index is 0.859. The number of fused-ring (bicyclic) bond motifs is 1. The smallest absolute Gasteiger partial charge is 0.0935 e. The van der Waals surface area contributed by atoms with Gasteiger partial charge >= 0.3 is 0 Å². The van der Waals surface area contributed by atoms with Crippen LogP contribution in [0.1, 0.15) is 13.8 Å². The van der Waals surface area contributed by atoms with Crippen LogP contribution in [0.3, 0.4) is 0 Å². The fourth-order valence-electron chi connectivity index (χ4n) is 1.34. The topological polar surface area (TPSA) is 41.3 Å². The molecule has 0 amide bonds. The quantitative estimate of drug-likeness (QED) is 0.555. The van der Waals surface area contributed by atoms with Crippen LogP contribution in [0.15, 0.2) is 34.9 Å². The van der Waals surface area contributed by atoms with Gasteiger partial charge < -0.3 is 10.5 Å². The molecule has 0 aromatic heterocycles. The molecule has 0 aliphatic carbocycles. The van der Waals surface area contributed by atoms with Crippen LogP contribution in [0.25, 0.3) is 0 Å². The van der Waals surface area contributed by atoms with E-state index in [4.69, 9.17) is 5.73 Å². The number of nitrogens with one attached hydrogen (secondary N) is 1. The highest BCUT2D eigenvalue weighted by Gasteiger charge is 2.24. The van der Waals surface area contributed by atoms with Crippen molar-refractivity contribution < 1.29 is 0 Å². The van der Waals surface area contributed by atoms with Crippen molar-refractivity contribution in [2.75, 3.05) is 0 Å². The molecule has 0 spiro atoms. The molecule has 2 heterocycles. The Bertz CT molecular complexity index is 314. The minimum Gasteiger partial charge on any atom is -0.397 e. The van der Waals surface area contributed by atoms with Gasteiger partial charge in [0.1, 0.15) is 0 Å². The van der Waals surface area contributed by atoms with E-state index in [0.29, 0.717) is 0 Å². The first-order valence-electron chi connectivity index (χ1n) is 3.78. The van der Waals surface area contributed by atoms with Crippen LogP contribution in [0.2, 0.25) is 0 Å². The SMILES string of the molecule is CC1=CC(C)=C(N)C2=CNSN12. The number of allylic oxidation sites excluding steroid dienone is 3. The van der Waals surface area contributed by atoms with Gasteiger partial charge in [0.15, 0.2) is 0 Å². The number of hydrogen-bond acceptors (Lipinski definition) is 4. The summed E-state index contributed by atoms with van der Waals surface area (Å²) in [5.41, 5.74) is 10.2. The Labute approximate surface area is 76.3 Å². The van der Waals surface area contributed by atoms with Gasteiger partial charge in [0, 0.05) is 11.9 Å². The third kappa shape index (κ3) is 0.914. The molecular weight excluding hydrogens is 170 g/mol. The molecule has 2 aliphatic rings. The van der Waals surface area contributed by atoms with E-state index in [2.05, 4.69) is 22.0 Å². The van der Waals surface area contributed by atoms with Crippen LogP contribution < -0.4 is 10.5 Å². The molecular formula is C8H11N3S. The first-order chi connectivity index (χ1) is 5.70. The molecule has 3 nitrogen and oxygen atoms in total. The second-order valence-electron chi connectivity index (χ2n) is 2.92. The van der Waals surface area contributed by atoms with Gasteiger partial charge in [-0.3, -0.25) is 4.31 Å². The molecule has 0 atom stereocenters. The lowest BCUT2D eigenvalue weighted by Gasteiger charge is -2.24. The molecule has 64 valence electrons. The molecule has 0 aromatic rings. The maximum absolute atomic E-state index is 5.90. The molecule has 0 fully saturated rings. The molecule has 0 bridgehead atoms. The van der Waals surface area contributed by atoms with Crippen molar-refractivity contribution in [2.24, 2.45) is 5.73 Å². The van der Waals surface area contributed by atoms with Gasteiger partial charge in [-0.25, -0.2) is 0 Å². The fraction of sp³-hybridized carbons (Fsp3) is 0.250. The maximum atomic E-state index is 5.90. The van der Waals surface area contributed by atoms with Crippen molar-refractivity contribution in [1.82, 2.24) is 9.03 Å². The number of nitrogens with zero attached hydrogens (tertiary/aromatic N) is 1. The summed E-state index contributed by atoms with van der Waals surface area (Å²) in [6.07, 6.45) is 4.02. The highest BCUT2D eigenvalue weighted by molar-refractivity contribution is 7.95. The first-order valence-corrected chi connectivity index (χ1v) is 4.55. The second-order valence-corrected chi connectivity index (χ2v) is 3.70. The van der Waals surface area contributed by atoms with E-state index < -0.39 is 0 Å². The molecule has 2 rings (SSSR count). The fourth-order valence-corrected chi connectivity index (χ4v) is 2.06. The summed E-state index contributed by atoms with van der Waals surface area (Å²) in [4.78, 5) is 0. The highest BCUT2D eigenvalue weighted by Crippen LogP contribution is 2.34. The van der Waals surface area contributed by atoms with E-state index in [1.165, 1.54) is 5.70 Å². The van der Waals surface area contributed by atoms with E-state index in [1.54, 1.807) is 12.1 Å². The van der Waals surface area contributed by atoms with E-state index in [1.807, 2.05) is 13.1 Å². The van der Waals surface area contributed by atoms with Gasteiger partial charge in [-0.05, 0) is 25.5 Å². The summed E-state index contributed by atoms with van der Waals surface area (Å²) >= 11 is 1.55. The minimum atomic E-state index is 0.859. The van der Waals surface area contributed by atoms with Crippen molar-refractivity contribution in [3.8, 4) is 0 Å². The lowest BCUT2D eigenvalue weighted by atomic mass is 10.1. The molecule has 0 aromatic carbocycles. The van der Waals surface area contributed by atoms with Crippen molar-refractivity contribution in [1.29, 1.82) is 0 Å². The first kappa shape index (κ1) is 7.61. The zero-order valence-corrected chi connectivity index (χ0v) is 7.90. The van der Waals surface area contributed by atoms with Gasteiger partial charge in [0.05, 0.1) is 23.5 Å². The van der Waals surface area contributed by atoms with Crippen LogP contribution in [0.5, 0.6) is 0 Å². The molecule has 2 aliphatic heterocycles. The number of hydrogen-bond donors (Lipinski definition) is 2. The van der Waals surface area contributed by atoms with Gasteiger partial charge in [0.2, 0.25) is 0 Å². The summed E-state index contributed by atoms with van der Waals surface area (Å²) in [7, 11) is 0. The van der Waals surface area contributed by atoms with E-state index >= 15 is 0 Å². The Morgan fingerprint density at radius 1 is 1.50 bits per heavy atom. The Kier molecular flexibility index (Phi) is 1.58. The Morgan fingerprint density at radius 2 is 2.25 bits per heavy atom. The van der Waals surface area contributed by atoms with Crippen LogP contribution in [-0.2, 0) is 0 Å². The normalized spacial score (nSPS) is 21.7. The standard InChI is InChI=1S/C8H11N3S/c1-5-3-6(2)11-7(8(5)9)4-10-12-11/h3-4,10H,9H2,1-2H3. The molecule has 12 heavy (non-hydrogen) atoms. The van der Waals surface area contributed by atoms with Crippen molar-refractivity contribution in [2.45, 2.75) is 13.8 Å². The van der Waals surface area contributed by atoms with Gasteiger partial charge in [-0.1, -0.05) is 0 Å². The summed E-state index contributed by atoms with van der Waals surface area (Å²) in [6.45, 7) is 4.10. The van der Waals surface area contributed by atoms with Crippen LogP contribution in [-0.4, -0.2) is 4.31 Å².